The van der Waals surface area contributed by atoms with E-state index in [9.17, 15) is 9.90 Å². The van der Waals surface area contributed by atoms with Crippen LogP contribution in [0, 0.1) is 0 Å². The molecule has 0 spiro atoms. The van der Waals surface area contributed by atoms with E-state index in [0.29, 0.717) is 17.7 Å². The molecular weight excluding hydrogens is 314 g/mol. The number of pyridine rings is 1. The van der Waals surface area contributed by atoms with Crippen molar-refractivity contribution in [3.05, 3.63) is 52.9 Å². The lowest BCUT2D eigenvalue weighted by Crippen LogP contribution is -2.22. The molecule has 0 radical (unpaired) electrons. The fraction of sp³-hybridized carbons (Fsp3) is 0.300. The molecule has 0 bridgehead atoms. The van der Waals surface area contributed by atoms with Crippen molar-refractivity contribution in [1.29, 1.82) is 0 Å². The summed E-state index contributed by atoms with van der Waals surface area (Å²) in [6, 6.07) is 7.58. The van der Waals surface area contributed by atoms with Crippen molar-refractivity contribution in [1.82, 2.24) is 9.88 Å². The molecule has 130 valence electrons. The molecule has 1 aromatic carbocycles. The van der Waals surface area contributed by atoms with Crippen molar-refractivity contribution >= 4 is 17.2 Å². The van der Waals surface area contributed by atoms with Crippen LogP contribution in [0.2, 0.25) is 0 Å². The van der Waals surface area contributed by atoms with Gasteiger partial charge in [-0.15, -0.1) is 0 Å². The van der Waals surface area contributed by atoms with Gasteiger partial charge in [-0.3, -0.25) is 9.78 Å². The van der Waals surface area contributed by atoms with E-state index in [4.69, 9.17) is 5.73 Å². The van der Waals surface area contributed by atoms with Gasteiger partial charge in [-0.05, 0) is 42.7 Å². The minimum atomic E-state index is -0.120. The molecule has 5 heteroatoms. The first-order chi connectivity index (χ1) is 11.9. The van der Waals surface area contributed by atoms with Crippen molar-refractivity contribution in [2.45, 2.75) is 19.8 Å². The van der Waals surface area contributed by atoms with Gasteiger partial charge in [0.05, 0.1) is 11.3 Å². The number of aliphatic hydroxyl groups excluding tert-OH is 1. The molecule has 3 rings (SSSR count). The second-order valence-electron chi connectivity index (χ2n) is 6.63. The number of rotatable bonds is 4. The van der Waals surface area contributed by atoms with E-state index in [1.165, 1.54) is 16.0 Å². The normalized spacial score (nSPS) is 13.1. The number of hydrogen-bond acceptors (Lipinski definition) is 4. The number of nitrogens with zero attached hydrogens (tertiary/aromatic N) is 2. The van der Waals surface area contributed by atoms with Crippen LogP contribution in [0.5, 0.6) is 0 Å². The van der Waals surface area contributed by atoms with Gasteiger partial charge in [-0.1, -0.05) is 11.6 Å². The quantitative estimate of drug-likeness (QED) is 0.841. The lowest BCUT2D eigenvalue weighted by Gasteiger charge is -2.14. The van der Waals surface area contributed by atoms with E-state index in [-0.39, 0.29) is 12.5 Å². The summed E-state index contributed by atoms with van der Waals surface area (Å²) in [4.78, 5) is 18.4. The highest BCUT2D eigenvalue weighted by Crippen LogP contribution is 2.36. The van der Waals surface area contributed by atoms with Crippen LogP contribution in [-0.2, 0) is 6.42 Å². The van der Waals surface area contributed by atoms with Crippen LogP contribution in [-0.4, -0.2) is 41.6 Å². The highest BCUT2D eigenvalue weighted by molar-refractivity contribution is 6.00. The van der Waals surface area contributed by atoms with E-state index in [0.717, 1.165) is 28.8 Å². The number of amides is 1. The van der Waals surface area contributed by atoms with Gasteiger partial charge < -0.3 is 15.7 Å². The molecule has 1 aliphatic carbocycles. The van der Waals surface area contributed by atoms with Crippen LogP contribution in [0.4, 0.5) is 5.69 Å². The molecule has 5 nitrogen and oxygen atoms in total. The fourth-order valence-corrected chi connectivity index (χ4v) is 3.26. The predicted octanol–water partition coefficient (Wildman–Crippen LogP) is 2.74. The zero-order chi connectivity index (χ0) is 18.1. The second-order valence-corrected chi connectivity index (χ2v) is 6.63. The minimum absolute atomic E-state index is 0.120. The van der Waals surface area contributed by atoms with Crippen LogP contribution in [0.15, 0.2) is 36.0 Å². The molecule has 0 atom stereocenters. The van der Waals surface area contributed by atoms with Crippen LogP contribution in [0.3, 0.4) is 0 Å². The maximum atomic E-state index is 12.3. The topological polar surface area (TPSA) is 79.5 Å². The molecule has 0 saturated heterocycles. The number of nitrogen functional groups attached to an aromatic ring is 1. The second kappa shape index (κ2) is 6.69. The molecule has 25 heavy (non-hydrogen) atoms. The summed E-state index contributed by atoms with van der Waals surface area (Å²) in [5, 5.41) is 9.33. The van der Waals surface area contributed by atoms with Crippen LogP contribution in [0.1, 0.15) is 35.0 Å². The number of aliphatic hydroxyl groups is 1. The lowest BCUT2D eigenvalue weighted by atomic mass is 9.98. The molecule has 0 fully saturated rings. The first-order valence-electron chi connectivity index (χ1n) is 8.32. The van der Waals surface area contributed by atoms with Gasteiger partial charge in [0.2, 0.25) is 0 Å². The van der Waals surface area contributed by atoms with Crippen LogP contribution in [0.25, 0.3) is 16.7 Å². The number of hydrogen-bond donors (Lipinski definition) is 2. The third-order valence-electron chi connectivity index (χ3n) is 4.63. The zero-order valence-electron chi connectivity index (χ0n) is 14.8. The summed E-state index contributed by atoms with van der Waals surface area (Å²) in [6.07, 6.45) is 3.30. The largest absolute Gasteiger partial charge is 0.398 e. The Hall–Kier alpha value is -2.66. The average molecular weight is 337 g/mol. The molecule has 1 amide bonds. The van der Waals surface area contributed by atoms with Gasteiger partial charge in [-0.25, -0.2) is 0 Å². The maximum absolute atomic E-state index is 12.3. The molecule has 0 unspecified atom stereocenters. The number of carbonyl (C=O) groups is 1. The Kier molecular flexibility index (Phi) is 4.59. The Morgan fingerprint density at radius 2 is 2.04 bits per heavy atom. The van der Waals surface area contributed by atoms with E-state index in [1.54, 1.807) is 20.2 Å². The number of aromatic nitrogens is 1. The van der Waals surface area contributed by atoms with E-state index in [2.05, 4.69) is 18.0 Å². The van der Waals surface area contributed by atoms with Gasteiger partial charge in [0, 0.05) is 50.1 Å². The summed E-state index contributed by atoms with van der Waals surface area (Å²) >= 11 is 0. The molecular formula is C20H23N3O2. The molecule has 1 aliphatic rings. The molecule has 2 aromatic rings. The van der Waals surface area contributed by atoms with Gasteiger partial charge in [0.1, 0.15) is 0 Å². The monoisotopic (exact) mass is 337 g/mol. The summed E-state index contributed by atoms with van der Waals surface area (Å²) in [7, 11) is 3.42. The zero-order valence-corrected chi connectivity index (χ0v) is 14.8. The lowest BCUT2D eigenvalue weighted by molar-refractivity contribution is 0.0828. The highest BCUT2D eigenvalue weighted by Gasteiger charge is 2.21. The summed E-state index contributed by atoms with van der Waals surface area (Å²) in [5.74, 6) is -0.120. The standard InChI is InChI=1S/C20H23N3O2/c1-12-8-19-16(15(12)6-7-24)10-14(11-22-19)13-4-5-18(21)17(9-13)20(25)23(2)3/h4-5,9-11,24H,6-8,21H2,1-3H3. The summed E-state index contributed by atoms with van der Waals surface area (Å²) in [6.45, 7) is 2.21. The summed E-state index contributed by atoms with van der Waals surface area (Å²) < 4.78 is 0. The van der Waals surface area contributed by atoms with E-state index < -0.39 is 0 Å². The van der Waals surface area contributed by atoms with Crippen LogP contribution >= 0.6 is 0 Å². The smallest absolute Gasteiger partial charge is 0.255 e. The summed E-state index contributed by atoms with van der Waals surface area (Å²) in [5.41, 5.74) is 13.4. The van der Waals surface area contributed by atoms with Gasteiger partial charge in [0.15, 0.2) is 0 Å². The SMILES string of the molecule is CC1=C(CCO)c2cc(-c3ccc(N)c(C(=O)N(C)C)c3)cnc2C1. The highest BCUT2D eigenvalue weighted by atomic mass is 16.3. The van der Waals surface area contributed by atoms with Crippen molar-refractivity contribution in [3.8, 4) is 11.1 Å². The van der Waals surface area contributed by atoms with Gasteiger partial charge in [0.25, 0.3) is 5.91 Å². The average Bonchev–Trinajstić information content (AvgIpc) is 2.90. The first kappa shape index (κ1) is 17.2. The van der Waals surface area contributed by atoms with Crippen molar-refractivity contribution in [3.63, 3.8) is 0 Å². The Labute approximate surface area is 147 Å². The Morgan fingerprint density at radius 3 is 2.72 bits per heavy atom. The predicted molar refractivity (Wildman–Crippen MR) is 100 cm³/mol. The third-order valence-corrected chi connectivity index (χ3v) is 4.63. The minimum Gasteiger partial charge on any atom is -0.398 e. The van der Waals surface area contributed by atoms with E-state index in [1.807, 2.05) is 18.3 Å². The number of benzene rings is 1. The molecule has 0 saturated carbocycles. The van der Waals surface area contributed by atoms with Gasteiger partial charge in [-0.2, -0.15) is 0 Å². The number of allylic oxidation sites excluding steroid dienone is 1. The molecule has 1 heterocycles. The van der Waals surface area contributed by atoms with Crippen LogP contribution < -0.4 is 5.73 Å². The Bertz CT molecular complexity index is 869. The number of nitrogens with two attached hydrogens (primary N) is 1. The van der Waals surface area contributed by atoms with E-state index >= 15 is 0 Å². The van der Waals surface area contributed by atoms with Gasteiger partial charge >= 0.3 is 0 Å². The van der Waals surface area contributed by atoms with Crippen molar-refractivity contribution < 1.29 is 9.90 Å². The Morgan fingerprint density at radius 1 is 1.28 bits per heavy atom. The van der Waals surface area contributed by atoms with Crippen molar-refractivity contribution in [2.24, 2.45) is 0 Å². The first-order valence-corrected chi connectivity index (χ1v) is 8.32. The number of carbonyl (C=O) groups excluding carboxylic acids is 1. The molecule has 1 aromatic heterocycles. The number of anilines is 1. The third kappa shape index (κ3) is 3.15. The maximum Gasteiger partial charge on any atom is 0.255 e. The van der Waals surface area contributed by atoms with Crippen molar-refractivity contribution in [2.75, 3.05) is 26.4 Å². The molecule has 3 N–H and O–H groups in total. The molecule has 0 aliphatic heterocycles. The fourth-order valence-electron chi connectivity index (χ4n) is 3.26. The number of fused-ring (bicyclic) bond motifs is 1. The Balaban J connectivity index is 2.05.